The van der Waals surface area contributed by atoms with Crippen molar-refractivity contribution in [3.8, 4) is 0 Å². The predicted octanol–water partition coefficient (Wildman–Crippen LogP) is 1.50. The normalized spacial score (nSPS) is 17.2. The van der Waals surface area contributed by atoms with E-state index in [1.807, 2.05) is 30.3 Å². The zero-order valence-electron chi connectivity index (χ0n) is 13.1. The molecular weight excluding hydrogens is 300 g/mol. The molecule has 0 bridgehead atoms. The lowest BCUT2D eigenvalue weighted by Crippen LogP contribution is -2.37. The largest absolute Gasteiger partial charge is 0.342 e. The van der Waals surface area contributed by atoms with Crippen LogP contribution in [0.3, 0.4) is 0 Å². The number of hydrogen-bond acceptors (Lipinski definition) is 3. The van der Waals surface area contributed by atoms with Crippen LogP contribution >= 0.6 is 0 Å². The average molecular weight is 324 g/mol. The van der Waals surface area contributed by atoms with Crippen molar-refractivity contribution in [2.24, 2.45) is 0 Å². The summed E-state index contributed by atoms with van der Waals surface area (Å²) in [6.07, 6.45) is 2.10. The Bertz CT molecular complexity index is 587. The zero-order valence-corrected chi connectivity index (χ0v) is 13.9. The Balaban J connectivity index is 1.86. The van der Waals surface area contributed by atoms with E-state index in [1.165, 1.54) is 6.92 Å². The molecule has 22 heavy (non-hydrogen) atoms. The summed E-state index contributed by atoms with van der Waals surface area (Å²) in [5, 5.41) is 0. The summed E-state index contributed by atoms with van der Waals surface area (Å²) in [7, 11) is -3.23. The molecule has 1 fully saturated rings. The van der Waals surface area contributed by atoms with Crippen LogP contribution in [0.4, 0.5) is 0 Å². The lowest BCUT2D eigenvalue weighted by atomic mass is 10.1. The molecule has 1 aliphatic heterocycles. The van der Waals surface area contributed by atoms with E-state index >= 15 is 0 Å². The number of benzene rings is 1. The minimum Gasteiger partial charge on any atom is -0.342 e. The van der Waals surface area contributed by atoms with Gasteiger partial charge in [-0.15, -0.1) is 0 Å². The van der Waals surface area contributed by atoms with Crippen molar-refractivity contribution in [2.75, 3.05) is 31.9 Å². The molecule has 1 aromatic carbocycles. The molecule has 0 saturated carbocycles. The molecule has 1 aromatic rings. The van der Waals surface area contributed by atoms with Crippen LogP contribution in [0, 0.1) is 0 Å². The van der Waals surface area contributed by atoms with E-state index in [2.05, 4.69) is 0 Å². The van der Waals surface area contributed by atoms with Crippen molar-refractivity contribution in [2.45, 2.75) is 26.2 Å². The molecule has 2 rings (SSSR count). The van der Waals surface area contributed by atoms with Gasteiger partial charge in [-0.3, -0.25) is 4.79 Å². The van der Waals surface area contributed by atoms with Gasteiger partial charge >= 0.3 is 0 Å². The third kappa shape index (κ3) is 4.81. The number of hydrogen-bond donors (Lipinski definition) is 0. The highest BCUT2D eigenvalue weighted by Gasteiger charge is 2.25. The Morgan fingerprint density at radius 3 is 2.50 bits per heavy atom. The van der Waals surface area contributed by atoms with Crippen molar-refractivity contribution in [3.63, 3.8) is 0 Å². The standard InChI is InChI=1S/C16H24N2O3S/c1-15(19)17-10-6-11-18(13-12-17)22(20,21)14-5-9-16-7-3-2-4-8-16/h2-4,7-8H,5-6,9-14H2,1H3. The fourth-order valence-corrected chi connectivity index (χ4v) is 4.25. The van der Waals surface area contributed by atoms with Crippen molar-refractivity contribution in [1.82, 2.24) is 9.21 Å². The van der Waals surface area contributed by atoms with Gasteiger partial charge in [-0.05, 0) is 24.8 Å². The van der Waals surface area contributed by atoms with E-state index < -0.39 is 10.0 Å². The maximum atomic E-state index is 12.4. The Morgan fingerprint density at radius 1 is 1.09 bits per heavy atom. The average Bonchev–Trinajstić information content (AvgIpc) is 2.74. The van der Waals surface area contributed by atoms with Crippen LogP contribution < -0.4 is 0 Å². The molecule has 1 aliphatic rings. The second kappa shape index (κ2) is 7.74. The Morgan fingerprint density at radius 2 is 1.82 bits per heavy atom. The van der Waals surface area contributed by atoms with E-state index in [1.54, 1.807) is 9.21 Å². The third-order valence-corrected chi connectivity index (χ3v) is 5.96. The molecule has 122 valence electrons. The van der Waals surface area contributed by atoms with Gasteiger partial charge in [-0.25, -0.2) is 12.7 Å². The highest BCUT2D eigenvalue weighted by Crippen LogP contribution is 2.11. The van der Waals surface area contributed by atoms with Gasteiger partial charge in [-0.2, -0.15) is 0 Å². The smallest absolute Gasteiger partial charge is 0.219 e. The molecular formula is C16H24N2O3S. The molecule has 1 saturated heterocycles. The highest BCUT2D eigenvalue weighted by atomic mass is 32.2. The van der Waals surface area contributed by atoms with Crippen LogP contribution in [0.15, 0.2) is 30.3 Å². The molecule has 0 radical (unpaired) electrons. The fourth-order valence-electron chi connectivity index (χ4n) is 2.72. The van der Waals surface area contributed by atoms with E-state index in [0.29, 0.717) is 39.0 Å². The Labute approximate surface area is 133 Å². The van der Waals surface area contributed by atoms with Crippen LogP contribution in [-0.4, -0.2) is 55.5 Å². The van der Waals surface area contributed by atoms with Crippen molar-refractivity contribution in [3.05, 3.63) is 35.9 Å². The number of rotatable bonds is 5. The number of carbonyl (C=O) groups excluding carboxylic acids is 1. The van der Waals surface area contributed by atoms with Gasteiger partial charge in [0.1, 0.15) is 0 Å². The van der Waals surface area contributed by atoms with Crippen LogP contribution in [0.2, 0.25) is 0 Å². The second-order valence-corrected chi connectivity index (χ2v) is 7.75. The van der Waals surface area contributed by atoms with Gasteiger partial charge in [0.05, 0.1) is 5.75 Å². The van der Waals surface area contributed by atoms with Crippen LogP contribution in [0.5, 0.6) is 0 Å². The van der Waals surface area contributed by atoms with Crippen LogP contribution in [0.1, 0.15) is 25.3 Å². The summed E-state index contributed by atoms with van der Waals surface area (Å²) in [5.74, 6) is 0.186. The first-order valence-electron chi connectivity index (χ1n) is 7.76. The van der Waals surface area contributed by atoms with Gasteiger partial charge in [0, 0.05) is 33.1 Å². The van der Waals surface area contributed by atoms with Gasteiger partial charge in [-0.1, -0.05) is 30.3 Å². The minimum atomic E-state index is -3.23. The summed E-state index contributed by atoms with van der Waals surface area (Å²) >= 11 is 0. The number of sulfonamides is 1. The molecule has 1 amide bonds. The molecule has 5 nitrogen and oxygen atoms in total. The van der Waals surface area contributed by atoms with Gasteiger partial charge in [0.2, 0.25) is 15.9 Å². The maximum absolute atomic E-state index is 12.4. The third-order valence-electron chi connectivity index (χ3n) is 4.00. The first kappa shape index (κ1) is 17.0. The first-order valence-corrected chi connectivity index (χ1v) is 9.37. The van der Waals surface area contributed by atoms with Gasteiger partial charge < -0.3 is 4.90 Å². The van der Waals surface area contributed by atoms with Crippen molar-refractivity contribution in [1.29, 1.82) is 0 Å². The van der Waals surface area contributed by atoms with E-state index in [-0.39, 0.29) is 11.7 Å². The maximum Gasteiger partial charge on any atom is 0.219 e. The summed E-state index contributed by atoms with van der Waals surface area (Å²) < 4.78 is 26.4. The Hall–Kier alpha value is -1.40. The van der Waals surface area contributed by atoms with E-state index in [9.17, 15) is 13.2 Å². The number of carbonyl (C=O) groups is 1. The van der Waals surface area contributed by atoms with Gasteiger partial charge in [0.15, 0.2) is 0 Å². The molecule has 0 spiro atoms. The van der Waals surface area contributed by atoms with Gasteiger partial charge in [0.25, 0.3) is 0 Å². The SMILES string of the molecule is CC(=O)N1CCCN(S(=O)(=O)CCCc2ccccc2)CC1. The molecule has 0 N–H and O–H groups in total. The highest BCUT2D eigenvalue weighted by molar-refractivity contribution is 7.89. The molecule has 1 heterocycles. The fraction of sp³-hybridized carbons (Fsp3) is 0.562. The number of aryl methyl sites for hydroxylation is 1. The Kier molecular flexibility index (Phi) is 5.97. The summed E-state index contributed by atoms with van der Waals surface area (Å²) in [5.41, 5.74) is 1.16. The lowest BCUT2D eigenvalue weighted by Gasteiger charge is -2.21. The molecule has 6 heteroatoms. The predicted molar refractivity (Wildman–Crippen MR) is 87.0 cm³/mol. The summed E-state index contributed by atoms with van der Waals surface area (Å²) in [6, 6.07) is 9.93. The van der Waals surface area contributed by atoms with E-state index in [4.69, 9.17) is 0 Å². The zero-order chi connectivity index (χ0) is 16.0. The lowest BCUT2D eigenvalue weighted by molar-refractivity contribution is -0.128. The topological polar surface area (TPSA) is 57.7 Å². The van der Waals surface area contributed by atoms with Crippen molar-refractivity contribution < 1.29 is 13.2 Å². The molecule has 0 aliphatic carbocycles. The number of amides is 1. The minimum absolute atomic E-state index is 0.0170. The molecule has 0 atom stereocenters. The van der Waals surface area contributed by atoms with Crippen LogP contribution in [-0.2, 0) is 21.2 Å². The quantitative estimate of drug-likeness (QED) is 0.825. The van der Waals surface area contributed by atoms with Crippen molar-refractivity contribution >= 4 is 15.9 Å². The van der Waals surface area contributed by atoms with Crippen LogP contribution in [0.25, 0.3) is 0 Å². The number of nitrogens with zero attached hydrogens (tertiary/aromatic N) is 2. The summed E-state index contributed by atoms with van der Waals surface area (Å²) in [4.78, 5) is 13.1. The molecule has 0 unspecified atom stereocenters. The monoisotopic (exact) mass is 324 g/mol. The summed E-state index contributed by atoms with van der Waals surface area (Å²) in [6.45, 7) is 3.59. The first-order chi connectivity index (χ1) is 10.5. The second-order valence-electron chi connectivity index (χ2n) is 5.66. The van der Waals surface area contributed by atoms with E-state index in [0.717, 1.165) is 12.0 Å². The molecule has 0 aromatic heterocycles.